The highest BCUT2D eigenvalue weighted by Crippen LogP contribution is 2.07. The van der Waals surface area contributed by atoms with Crippen LogP contribution in [0.1, 0.15) is 20.3 Å². The van der Waals surface area contributed by atoms with Crippen LogP contribution in [0.4, 0.5) is 0 Å². The topological polar surface area (TPSA) is 12.0 Å². The van der Waals surface area contributed by atoms with Crippen molar-refractivity contribution < 1.29 is 0 Å². The standard InChI is InChI=1S/C13H17N/c1-4-11(2)12(3)14-13-9-7-5-6-8-10-13/h4-7,9-10,14H,1,8H2,2-3H3/b12-11-. The molecule has 0 amide bonds. The third kappa shape index (κ3) is 3.09. The van der Waals surface area contributed by atoms with E-state index < -0.39 is 0 Å². The van der Waals surface area contributed by atoms with Gasteiger partial charge in [-0.3, -0.25) is 0 Å². The predicted molar refractivity (Wildman–Crippen MR) is 62.7 cm³/mol. The molecule has 0 saturated heterocycles. The minimum absolute atomic E-state index is 0.982. The van der Waals surface area contributed by atoms with Crippen LogP contribution in [0.2, 0.25) is 0 Å². The van der Waals surface area contributed by atoms with Gasteiger partial charge in [0.2, 0.25) is 0 Å². The van der Waals surface area contributed by atoms with Gasteiger partial charge in [0.15, 0.2) is 0 Å². The van der Waals surface area contributed by atoms with Crippen LogP contribution in [0.15, 0.2) is 60.0 Å². The van der Waals surface area contributed by atoms with Gasteiger partial charge < -0.3 is 5.32 Å². The van der Waals surface area contributed by atoms with Crippen LogP contribution in [0.5, 0.6) is 0 Å². The first-order chi connectivity index (χ1) is 6.74. The van der Waals surface area contributed by atoms with Crippen LogP contribution >= 0.6 is 0 Å². The Labute approximate surface area is 86.2 Å². The summed E-state index contributed by atoms with van der Waals surface area (Å²) in [5.74, 6) is 0. The highest BCUT2D eigenvalue weighted by Gasteiger charge is 1.96. The van der Waals surface area contributed by atoms with Crippen LogP contribution in [0, 0.1) is 0 Å². The predicted octanol–water partition coefficient (Wildman–Crippen LogP) is 3.46. The van der Waals surface area contributed by atoms with E-state index >= 15 is 0 Å². The number of allylic oxidation sites excluding steroid dienone is 8. The van der Waals surface area contributed by atoms with Crippen LogP contribution in [0.25, 0.3) is 0 Å². The molecule has 1 aliphatic carbocycles. The van der Waals surface area contributed by atoms with Crippen LogP contribution < -0.4 is 5.32 Å². The summed E-state index contributed by atoms with van der Waals surface area (Å²) in [5.41, 5.74) is 3.48. The summed E-state index contributed by atoms with van der Waals surface area (Å²) in [6.07, 6.45) is 13.3. The fourth-order valence-electron chi connectivity index (χ4n) is 1.14. The van der Waals surface area contributed by atoms with Gasteiger partial charge >= 0.3 is 0 Å². The zero-order valence-corrected chi connectivity index (χ0v) is 8.88. The van der Waals surface area contributed by atoms with E-state index in [1.807, 2.05) is 12.2 Å². The lowest BCUT2D eigenvalue weighted by Gasteiger charge is -2.09. The van der Waals surface area contributed by atoms with E-state index in [9.17, 15) is 0 Å². The SMILES string of the molecule is C=C/C(C)=C(/C)NC1=CCC=CC=C1. The van der Waals surface area contributed by atoms with Gasteiger partial charge in [0.1, 0.15) is 0 Å². The molecule has 1 rings (SSSR count). The molecule has 0 atom stereocenters. The quantitative estimate of drug-likeness (QED) is 0.667. The molecule has 0 radical (unpaired) electrons. The Hall–Kier alpha value is -1.50. The molecule has 0 heterocycles. The van der Waals surface area contributed by atoms with Gasteiger partial charge in [0.25, 0.3) is 0 Å². The van der Waals surface area contributed by atoms with Gasteiger partial charge in [-0.15, -0.1) is 0 Å². The Morgan fingerprint density at radius 3 is 2.93 bits per heavy atom. The second kappa shape index (κ2) is 5.28. The van der Waals surface area contributed by atoms with Crippen LogP contribution in [-0.4, -0.2) is 0 Å². The van der Waals surface area contributed by atoms with Crippen molar-refractivity contribution in [3.8, 4) is 0 Å². The van der Waals surface area contributed by atoms with E-state index in [-0.39, 0.29) is 0 Å². The second-order valence-electron chi connectivity index (χ2n) is 3.32. The maximum Gasteiger partial charge on any atom is 0.0344 e. The molecular formula is C13H17N. The van der Waals surface area contributed by atoms with Gasteiger partial charge in [-0.1, -0.05) is 37.0 Å². The Balaban J connectivity index is 2.70. The first-order valence-electron chi connectivity index (χ1n) is 4.84. The molecule has 0 unspecified atom stereocenters. The molecule has 0 aliphatic heterocycles. The van der Waals surface area contributed by atoms with E-state index in [0.29, 0.717) is 0 Å². The van der Waals surface area contributed by atoms with Gasteiger partial charge in [0, 0.05) is 11.4 Å². The molecule has 14 heavy (non-hydrogen) atoms. The van der Waals surface area contributed by atoms with Crippen molar-refractivity contribution in [1.29, 1.82) is 0 Å². The van der Waals surface area contributed by atoms with Crippen molar-refractivity contribution in [2.45, 2.75) is 20.3 Å². The molecule has 0 saturated carbocycles. The number of hydrogen-bond acceptors (Lipinski definition) is 1. The number of rotatable bonds is 3. The Bertz CT molecular complexity index is 327. The van der Waals surface area contributed by atoms with Crippen molar-refractivity contribution in [2.75, 3.05) is 0 Å². The average molecular weight is 187 g/mol. The molecule has 1 nitrogen and oxygen atoms in total. The molecule has 0 aromatic heterocycles. The Morgan fingerprint density at radius 2 is 2.21 bits per heavy atom. The molecule has 74 valence electrons. The van der Waals surface area contributed by atoms with E-state index in [1.165, 1.54) is 5.57 Å². The van der Waals surface area contributed by atoms with Crippen molar-refractivity contribution in [2.24, 2.45) is 0 Å². The lowest BCUT2D eigenvalue weighted by molar-refractivity contribution is 0.974. The van der Waals surface area contributed by atoms with Crippen molar-refractivity contribution in [1.82, 2.24) is 5.32 Å². The molecule has 0 aromatic carbocycles. The summed E-state index contributed by atoms with van der Waals surface area (Å²) in [5, 5.41) is 3.35. The van der Waals surface area contributed by atoms with E-state index in [0.717, 1.165) is 17.8 Å². The van der Waals surface area contributed by atoms with Gasteiger partial charge in [-0.05, 0) is 31.9 Å². The van der Waals surface area contributed by atoms with Gasteiger partial charge in [-0.2, -0.15) is 0 Å². The highest BCUT2D eigenvalue weighted by molar-refractivity contribution is 5.30. The fraction of sp³-hybridized carbons (Fsp3) is 0.231. The summed E-state index contributed by atoms with van der Waals surface area (Å²) in [6.45, 7) is 7.86. The third-order valence-corrected chi connectivity index (χ3v) is 2.23. The van der Waals surface area contributed by atoms with Gasteiger partial charge in [-0.25, -0.2) is 0 Å². The summed E-state index contributed by atoms with van der Waals surface area (Å²) in [7, 11) is 0. The Kier molecular flexibility index (Phi) is 3.99. The van der Waals surface area contributed by atoms with Crippen molar-refractivity contribution >= 4 is 0 Å². The highest BCUT2D eigenvalue weighted by atomic mass is 14.9. The van der Waals surface area contributed by atoms with Crippen molar-refractivity contribution in [3.63, 3.8) is 0 Å². The maximum atomic E-state index is 3.75. The molecule has 1 N–H and O–H groups in total. The molecule has 0 fully saturated rings. The molecule has 1 aliphatic rings. The van der Waals surface area contributed by atoms with Crippen LogP contribution in [-0.2, 0) is 0 Å². The molecule has 0 spiro atoms. The monoisotopic (exact) mass is 187 g/mol. The Morgan fingerprint density at radius 1 is 1.43 bits per heavy atom. The van der Waals surface area contributed by atoms with Gasteiger partial charge in [0.05, 0.1) is 0 Å². The zero-order chi connectivity index (χ0) is 10.4. The summed E-state index contributed by atoms with van der Waals surface area (Å²) >= 11 is 0. The lowest BCUT2D eigenvalue weighted by Crippen LogP contribution is -2.10. The molecule has 1 heteroatoms. The summed E-state index contributed by atoms with van der Waals surface area (Å²) in [4.78, 5) is 0. The molecule has 0 aromatic rings. The minimum atomic E-state index is 0.982. The minimum Gasteiger partial charge on any atom is -0.359 e. The summed E-state index contributed by atoms with van der Waals surface area (Å²) in [6, 6.07) is 0. The molecule has 0 bridgehead atoms. The number of hydrogen-bond donors (Lipinski definition) is 1. The van der Waals surface area contributed by atoms with E-state index in [2.05, 4.69) is 50.0 Å². The first kappa shape index (κ1) is 10.6. The third-order valence-electron chi connectivity index (χ3n) is 2.23. The smallest absolute Gasteiger partial charge is 0.0344 e. The van der Waals surface area contributed by atoms with Crippen molar-refractivity contribution in [3.05, 3.63) is 60.0 Å². The fourth-order valence-corrected chi connectivity index (χ4v) is 1.14. The second-order valence-corrected chi connectivity index (χ2v) is 3.32. The maximum absolute atomic E-state index is 3.75. The summed E-state index contributed by atoms with van der Waals surface area (Å²) < 4.78 is 0. The number of nitrogens with one attached hydrogen (secondary N) is 1. The largest absolute Gasteiger partial charge is 0.359 e. The normalized spacial score (nSPS) is 16.9. The van der Waals surface area contributed by atoms with E-state index in [4.69, 9.17) is 0 Å². The lowest BCUT2D eigenvalue weighted by atomic mass is 10.2. The average Bonchev–Trinajstić information content (AvgIpc) is 2.45. The molecular weight excluding hydrogens is 170 g/mol. The van der Waals surface area contributed by atoms with E-state index in [1.54, 1.807) is 0 Å². The van der Waals surface area contributed by atoms with Crippen LogP contribution in [0.3, 0.4) is 0 Å². The first-order valence-corrected chi connectivity index (χ1v) is 4.84. The zero-order valence-electron chi connectivity index (χ0n) is 8.88.